The summed E-state index contributed by atoms with van der Waals surface area (Å²) in [5.41, 5.74) is 0.920. The number of imidazole rings is 1. The zero-order valence-electron chi connectivity index (χ0n) is 9.13. The molecule has 0 saturated carbocycles. The number of aromatic nitrogens is 2. The highest BCUT2D eigenvalue weighted by molar-refractivity contribution is 5.82. The number of ether oxygens (including phenoxy) is 1. The van der Waals surface area contributed by atoms with E-state index in [0.717, 1.165) is 17.8 Å². The first-order valence-corrected chi connectivity index (χ1v) is 4.96. The van der Waals surface area contributed by atoms with Gasteiger partial charge in [-0.25, -0.2) is 9.78 Å². The molecule has 2 N–H and O–H groups in total. The molecule has 2 rings (SSSR count). The number of nitrogens with zero attached hydrogens (tertiary/aromatic N) is 1. The number of aromatic amines is 1. The van der Waals surface area contributed by atoms with E-state index in [1.54, 1.807) is 13.3 Å². The van der Waals surface area contributed by atoms with Crippen LogP contribution in [-0.2, 0) is 21.5 Å². The second-order valence-corrected chi connectivity index (χ2v) is 4.10. The molecule has 1 aromatic heterocycles. The van der Waals surface area contributed by atoms with Gasteiger partial charge in [0.25, 0.3) is 0 Å². The van der Waals surface area contributed by atoms with Crippen LogP contribution in [0.4, 0.5) is 0 Å². The lowest BCUT2D eigenvalue weighted by molar-refractivity contribution is -0.149. The topological polar surface area (TPSA) is 67.0 Å². The van der Waals surface area contributed by atoms with Crippen LogP contribution < -0.4 is 5.32 Å². The van der Waals surface area contributed by atoms with Crippen LogP contribution in [0.3, 0.4) is 0 Å². The van der Waals surface area contributed by atoms with Crippen molar-refractivity contribution in [3.8, 4) is 0 Å². The maximum Gasteiger partial charge on any atom is 0.332 e. The fraction of sp³-hybridized carbons (Fsp3) is 0.600. The van der Waals surface area contributed by atoms with Crippen molar-refractivity contribution < 1.29 is 9.53 Å². The Balaban J connectivity index is 2.47. The SMILES string of the molecule is COC(=O)[C@@]1(C)N[C@H](C)Cc2[nH]cnc21. The van der Waals surface area contributed by atoms with Crippen molar-refractivity contribution in [3.63, 3.8) is 0 Å². The fourth-order valence-corrected chi connectivity index (χ4v) is 2.19. The van der Waals surface area contributed by atoms with E-state index >= 15 is 0 Å². The lowest BCUT2D eigenvalue weighted by atomic mass is 9.88. The van der Waals surface area contributed by atoms with Gasteiger partial charge < -0.3 is 9.72 Å². The van der Waals surface area contributed by atoms with Gasteiger partial charge >= 0.3 is 5.97 Å². The van der Waals surface area contributed by atoms with Crippen LogP contribution in [-0.4, -0.2) is 29.1 Å². The Labute approximate surface area is 88.2 Å². The molecule has 0 aliphatic carbocycles. The Kier molecular flexibility index (Phi) is 2.26. The number of methoxy groups -OCH3 is 1. The quantitative estimate of drug-likeness (QED) is 0.654. The van der Waals surface area contributed by atoms with E-state index in [1.165, 1.54) is 7.11 Å². The van der Waals surface area contributed by atoms with Gasteiger partial charge in [-0.3, -0.25) is 5.32 Å². The molecule has 0 unspecified atom stereocenters. The second kappa shape index (κ2) is 3.34. The van der Waals surface area contributed by atoms with Crippen molar-refractivity contribution in [1.29, 1.82) is 0 Å². The van der Waals surface area contributed by atoms with Crippen LogP contribution in [0.1, 0.15) is 25.2 Å². The number of hydrogen-bond donors (Lipinski definition) is 2. The van der Waals surface area contributed by atoms with E-state index in [2.05, 4.69) is 15.3 Å². The lowest BCUT2D eigenvalue weighted by Crippen LogP contribution is -2.55. The van der Waals surface area contributed by atoms with Gasteiger partial charge in [0.15, 0.2) is 5.54 Å². The normalized spacial score (nSPS) is 29.7. The molecular formula is C10H15N3O2. The Morgan fingerprint density at radius 3 is 3.13 bits per heavy atom. The van der Waals surface area contributed by atoms with Gasteiger partial charge in [0.2, 0.25) is 0 Å². The molecule has 1 aliphatic heterocycles. The van der Waals surface area contributed by atoms with Gasteiger partial charge in [0, 0.05) is 18.2 Å². The molecule has 1 aliphatic rings. The number of rotatable bonds is 1. The molecule has 5 nitrogen and oxygen atoms in total. The Morgan fingerprint density at radius 1 is 1.73 bits per heavy atom. The van der Waals surface area contributed by atoms with E-state index in [4.69, 9.17) is 4.74 Å². The molecule has 0 bridgehead atoms. The highest BCUT2D eigenvalue weighted by Crippen LogP contribution is 2.28. The largest absolute Gasteiger partial charge is 0.467 e. The van der Waals surface area contributed by atoms with Gasteiger partial charge in [-0.2, -0.15) is 0 Å². The number of carbonyl (C=O) groups is 1. The van der Waals surface area contributed by atoms with Crippen molar-refractivity contribution in [2.24, 2.45) is 0 Å². The van der Waals surface area contributed by atoms with Crippen molar-refractivity contribution in [1.82, 2.24) is 15.3 Å². The summed E-state index contributed by atoms with van der Waals surface area (Å²) in [5.74, 6) is -0.303. The van der Waals surface area contributed by atoms with Crippen molar-refractivity contribution in [3.05, 3.63) is 17.7 Å². The summed E-state index contributed by atoms with van der Waals surface area (Å²) in [6.45, 7) is 3.83. The molecular weight excluding hydrogens is 194 g/mol. The first kappa shape index (κ1) is 10.2. The lowest BCUT2D eigenvalue weighted by Gasteiger charge is -2.34. The van der Waals surface area contributed by atoms with Gasteiger partial charge in [-0.15, -0.1) is 0 Å². The van der Waals surface area contributed by atoms with Gasteiger partial charge in [-0.1, -0.05) is 0 Å². The Hall–Kier alpha value is -1.36. The van der Waals surface area contributed by atoms with Gasteiger partial charge in [-0.05, 0) is 13.8 Å². The van der Waals surface area contributed by atoms with Crippen molar-refractivity contribution >= 4 is 5.97 Å². The zero-order valence-corrected chi connectivity index (χ0v) is 9.13. The van der Waals surface area contributed by atoms with Crippen LogP contribution in [0.15, 0.2) is 6.33 Å². The van der Waals surface area contributed by atoms with Crippen molar-refractivity contribution in [2.45, 2.75) is 31.8 Å². The van der Waals surface area contributed by atoms with E-state index in [-0.39, 0.29) is 12.0 Å². The molecule has 0 spiro atoms. The predicted molar refractivity (Wildman–Crippen MR) is 54.3 cm³/mol. The fourth-order valence-electron chi connectivity index (χ4n) is 2.19. The number of esters is 1. The van der Waals surface area contributed by atoms with Crippen LogP contribution in [0, 0.1) is 0 Å². The standard InChI is InChI=1S/C10H15N3O2/c1-6-4-7-8(12-5-11-7)10(2,13-6)9(14)15-3/h5-6,13H,4H2,1-3H3,(H,11,12)/t6-,10+/m1/s1. The van der Waals surface area contributed by atoms with E-state index in [0.29, 0.717) is 0 Å². The molecule has 82 valence electrons. The van der Waals surface area contributed by atoms with Crippen LogP contribution >= 0.6 is 0 Å². The van der Waals surface area contributed by atoms with E-state index < -0.39 is 5.54 Å². The molecule has 2 heterocycles. The average molecular weight is 209 g/mol. The minimum absolute atomic E-state index is 0.224. The van der Waals surface area contributed by atoms with Gasteiger partial charge in [0.1, 0.15) is 0 Å². The number of nitrogens with one attached hydrogen (secondary N) is 2. The van der Waals surface area contributed by atoms with E-state index in [1.807, 2.05) is 6.92 Å². The zero-order chi connectivity index (χ0) is 11.1. The first-order valence-electron chi connectivity index (χ1n) is 4.96. The Morgan fingerprint density at radius 2 is 2.47 bits per heavy atom. The maximum absolute atomic E-state index is 11.8. The summed E-state index contributed by atoms with van der Waals surface area (Å²) >= 11 is 0. The third-order valence-corrected chi connectivity index (χ3v) is 2.83. The minimum atomic E-state index is -0.832. The molecule has 2 atom stereocenters. The number of hydrogen-bond acceptors (Lipinski definition) is 4. The summed E-state index contributed by atoms with van der Waals surface area (Å²) in [6, 6.07) is 0.224. The van der Waals surface area contributed by atoms with E-state index in [9.17, 15) is 4.79 Å². The summed E-state index contributed by atoms with van der Waals surface area (Å²) in [5, 5.41) is 3.23. The summed E-state index contributed by atoms with van der Waals surface area (Å²) in [4.78, 5) is 19.0. The number of fused-ring (bicyclic) bond motifs is 1. The predicted octanol–water partition coefficient (Wildman–Crippen LogP) is 0.332. The molecule has 0 amide bonds. The molecule has 5 heteroatoms. The van der Waals surface area contributed by atoms with Crippen LogP contribution in [0.5, 0.6) is 0 Å². The average Bonchev–Trinajstić information content (AvgIpc) is 2.64. The third kappa shape index (κ3) is 1.43. The number of H-pyrrole nitrogens is 1. The molecule has 0 saturated heterocycles. The monoisotopic (exact) mass is 209 g/mol. The highest BCUT2D eigenvalue weighted by Gasteiger charge is 2.44. The smallest absolute Gasteiger partial charge is 0.332 e. The summed E-state index contributed by atoms with van der Waals surface area (Å²) < 4.78 is 4.81. The van der Waals surface area contributed by atoms with Crippen LogP contribution in [0.2, 0.25) is 0 Å². The summed E-state index contributed by atoms with van der Waals surface area (Å²) in [7, 11) is 1.39. The Bertz CT molecular complexity index is 388. The summed E-state index contributed by atoms with van der Waals surface area (Å²) in [6.07, 6.45) is 2.47. The number of carbonyl (C=O) groups excluding carboxylic acids is 1. The molecule has 0 radical (unpaired) electrons. The van der Waals surface area contributed by atoms with Crippen LogP contribution in [0.25, 0.3) is 0 Å². The minimum Gasteiger partial charge on any atom is -0.467 e. The van der Waals surface area contributed by atoms with Crippen molar-refractivity contribution in [2.75, 3.05) is 7.11 Å². The molecule has 0 fully saturated rings. The second-order valence-electron chi connectivity index (χ2n) is 4.10. The van der Waals surface area contributed by atoms with Gasteiger partial charge in [0.05, 0.1) is 19.1 Å². The molecule has 0 aromatic carbocycles. The molecule has 15 heavy (non-hydrogen) atoms. The molecule has 1 aromatic rings. The first-order chi connectivity index (χ1) is 7.08. The highest BCUT2D eigenvalue weighted by atomic mass is 16.5. The maximum atomic E-state index is 11.8. The third-order valence-electron chi connectivity index (χ3n) is 2.83.